The molecule has 0 heterocycles. The van der Waals surface area contributed by atoms with E-state index in [0.29, 0.717) is 0 Å². The van der Waals surface area contributed by atoms with Crippen molar-refractivity contribution in [2.24, 2.45) is 0 Å². The average molecular weight is 326 g/mol. The van der Waals surface area contributed by atoms with Crippen LogP contribution in [0.3, 0.4) is 0 Å². The number of Topliss-reactive ketones (excluding diaryl/α,β-unsaturated/α-hetero) is 1. The van der Waals surface area contributed by atoms with E-state index in [2.05, 4.69) is 6.92 Å². The Hall–Kier alpha value is -2.20. The van der Waals surface area contributed by atoms with Crippen LogP contribution in [0.4, 0.5) is 0 Å². The Morgan fingerprint density at radius 1 is 0.913 bits per heavy atom. The Balaban J connectivity index is 2.15. The molecular formula is C19H18O3S. The first-order chi connectivity index (χ1) is 11.2. The number of thioether (sulfide) groups is 1. The molecule has 2 aromatic rings. The van der Waals surface area contributed by atoms with Crippen LogP contribution < -0.4 is 9.47 Å². The lowest BCUT2D eigenvalue weighted by atomic mass is 10.0. The van der Waals surface area contributed by atoms with Crippen LogP contribution in [0, 0.1) is 0 Å². The third kappa shape index (κ3) is 2.75. The molecule has 0 spiro atoms. The highest BCUT2D eigenvalue weighted by Gasteiger charge is 2.31. The number of ether oxygens (including phenoxy) is 2. The van der Waals surface area contributed by atoms with Crippen molar-refractivity contribution in [3.05, 3.63) is 59.2 Å². The maximum atomic E-state index is 12.9. The van der Waals surface area contributed by atoms with Crippen LogP contribution in [0.1, 0.15) is 28.4 Å². The molecule has 0 aromatic heterocycles. The zero-order valence-corrected chi connectivity index (χ0v) is 14.2. The summed E-state index contributed by atoms with van der Waals surface area (Å²) in [7, 11) is 3.27. The minimum absolute atomic E-state index is 0.0729. The van der Waals surface area contributed by atoms with Crippen molar-refractivity contribution >= 4 is 28.0 Å². The second-order valence-corrected chi connectivity index (χ2v) is 6.38. The zero-order valence-electron chi connectivity index (χ0n) is 13.4. The lowest BCUT2D eigenvalue weighted by Gasteiger charge is -2.08. The lowest BCUT2D eigenvalue weighted by Crippen LogP contribution is -1.98. The van der Waals surface area contributed by atoms with Crippen LogP contribution in [0.2, 0.25) is 0 Å². The van der Waals surface area contributed by atoms with E-state index < -0.39 is 0 Å². The molecule has 0 amide bonds. The highest BCUT2D eigenvalue weighted by molar-refractivity contribution is 8.08. The van der Waals surface area contributed by atoms with Crippen molar-refractivity contribution in [2.75, 3.05) is 20.0 Å². The van der Waals surface area contributed by atoms with Gasteiger partial charge in [0.25, 0.3) is 0 Å². The number of allylic oxidation sites excluding steroid dienone is 1. The zero-order chi connectivity index (χ0) is 16.4. The van der Waals surface area contributed by atoms with Gasteiger partial charge in [-0.05, 0) is 41.6 Å². The van der Waals surface area contributed by atoms with Gasteiger partial charge in [-0.1, -0.05) is 19.1 Å². The fourth-order valence-corrected chi connectivity index (χ4v) is 3.69. The van der Waals surface area contributed by atoms with Crippen molar-refractivity contribution < 1.29 is 14.3 Å². The number of hydrogen-bond acceptors (Lipinski definition) is 4. The Morgan fingerprint density at radius 3 is 2.17 bits per heavy atom. The Labute approximate surface area is 140 Å². The first-order valence-electron chi connectivity index (χ1n) is 7.44. The predicted octanol–water partition coefficient (Wildman–Crippen LogP) is 4.52. The van der Waals surface area contributed by atoms with E-state index in [1.54, 1.807) is 26.0 Å². The number of carbonyl (C=O) groups excluding carboxylic acids is 1. The van der Waals surface area contributed by atoms with E-state index in [4.69, 9.17) is 9.47 Å². The van der Waals surface area contributed by atoms with Crippen LogP contribution in [0.5, 0.6) is 11.5 Å². The summed E-state index contributed by atoms with van der Waals surface area (Å²) in [5.74, 6) is 2.52. The molecule has 0 saturated heterocycles. The van der Waals surface area contributed by atoms with Crippen molar-refractivity contribution in [2.45, 2.75) is 6.92 Å². The summed E-state index contributed by atoms with van der Waals surface area (Å²) < 4.78 is 10.5. The Kier molecular flexibility index (Phi) is 4.44. The minimum Gasteiger partial charge on any atom is -0.497 e. The fourth-order valence-electron chi connectivity index (χ4n) is 2.72. The van der Waals surface area contributed by atoms with Gasteiger partial charge in [-0.3, -0.25) is 4.79 Å². The number of methoxy groups -OCH3 is 2. The molecule has 0 fully saturated rings. The van der Waals surface area contributed by atoms with E-state index in [1.165, 1.54) is 0 Å². The van der Waals surface area contributed by atoms with Crippen molar-refractivity contribution in [1.29, 1.82) is 0 Å². The molecule has 3 rings (SSSR count). The summed E-state index contributed by atoms with van der Waals surface area (Å²) in [5.41, 5.74) is 3.39. The Morgan fingerprint density at radius 2 is 1.57 bits per heavy atom. The molecule has 3 nitrogen and oxygen atoms in total. The van der Waals surface area contributed by atoms with Gasteiger partial charge in [-0.15, -0.1) is 11.8 Å². The largest absolute Gasteiger partial charge is 0.497 e. The lowest BCUT2D eigenvalue weighted by molar-refractivity contribution is 0.105. The van der Waals surface area contributed by atoms with Crippen LogP contribution in [0.25, 0.3) is 10.5 Å². The fraction of sp³-hybridized carbons (Fsp3) is 0.211. The van der Waals surface area contributed by atoms with Gasteiger partial charge < -0.3 is 9.47 Å². The number of carbonyl (C=O) groups is 1. The van der Waals surface area contributed by atoms with E-state index in [-0.39, 0.29) is 5.78 Å². The van der Waals surface area contributed by atoms with Gasteiger partial charge in [0.1, 0.15) is 11.5 Å². The molecular weight excluding hydrogens is 308 g/mol. The van der Waals surface area contributed by atoms with E-state index >= 15 is 0 Å². The van der Waals surface area contributed by atoms with Gasteiger partial charge >= 0.3 is 0 Å². The monoisotopic (exact) mass is 326 g/mol. The van der Waals surface area contributed by atoms with Crippen LogP contribution in [0.15, 0.2) is 42.5 Å². The summed E-state index contributed by atoms with van der Waals surface area (Å²) in [6.45, 7) is 2.09. The Bertz CT molecular complexity index is 776. The number of fused-ring (bicyclic) bond motifs is 1. The van der Waals surface area contributed by atoms with Crippen molar-refractivity contribution in [3.63, 3.8) is 0 Å². The van der Waals surface area contributed by atoms with E-state index in [1.807, 2.05) is 42.5 Å². The molecule has 0 bridgehead atoms. The number of rotatable bonds is 5. The molecule has 0 aliphatic heterocycles. The minimum atomic E-state index is 0.0729. The third-order valence-electron chi connectivity index (χ3n) is 3.84. The summed E-state index contributed by atoms with van der Waals surface area (Å²) in [5, 5.41) is 0. The topological polar surface area (TPSA) is 35.5 Å². The van der Waals surface area contributed by atoms with Crippen molar-refractivity contribution in [3.8, 4) is 11.5 Å². The first-order valence-corrected chi connectivity index (χ1v) is 8.42. The number of hydrogen-bond donors (Lipinski definition) is 0. The van der Waals surface area contributed by atoms with Gasteiger partial charge in [0.2, 0.25) is 0 Å². The quantitative estimate of drug-likeness (QED) is 0.809. The summed E-state index contributed by atoms with van der Waals surface area (Å²) in [6, 6.07) is 13.3. The van der Waals surface area contributed by atoms with Gasteiger partial charge in [0, 0.05) is 21.6 Å². The van der Waals surface area contributed by atoms with Crippen LogP contribution in [-0.2, 0) is 0 Å². The first kappa shape index (κ1) is 15.7. The highest BCUT2D eigenvalue weighted by atomic mass is 32.2. The third-order valence-corrected chi connectivity index (χ3v) is 4.84. The summed E-state index contributed by atoms with van der Waals surface area (Å²) in [4.78, 5) is 13.9. The second-order valence-electron chi connectivity index (χ2n) is 5.11. The maximum absolute atomic E-state index is 12.9. The highest BCUT2D eigenvalue weighted by Crippen LogP contribution is 2.45. The molecule has 0 saturated carbocycles. The summed E-state index contributed by atoms with van der Waals surface area (Å²) in [6.07, 6.45) is 0. The predicted molar refractivity (Wildman–Crippen MR) is 95.3 cm³/mol. The maximum Gasteiger partial charge on any atom is 0.195 e. The van der Waals surface area contributed by atoms with E-state index in [0.717, 1.165) is 44.4 Å². The number of benzene rings is 2. The van der Waals surface area contributed by atoms with Crippen LogP contribution >= 0.6 is 11.8 Å². The van der Waals surface area contributed by atoms with Gasteiger partial charge in [-0.25, -0.2) is 0 Å². The molecule has 1 aliphatic carbocycles. The van der Waals surface area contributed by atoms with Gasteiger partial charge in [-0.2, -0.15) is 0 Å². The summed E-state index contributed by atoms with van der Waals surface area (Å²) >= 11 is 1.69. The molecule has 1 aliphatic rings. The molecule has 0 N–H and O–H groups in total. The van der Waals surface area contributed by atoms with Crippen LogP contribution in [-0.4, -0.2) is 25.8 Å². The van der Waals surface area contributed by atoms with Gasteiger partial charge in [0.15, 0.2) is 5.78 Å². The number of ketones is 1. The second kappa shape index (κ2) is 6.50. The normalized spacial score (nSPS) is 13.3. The molecule has 23 heavy (non-hydrogen) atoms. The molecule has 0 radical (unpaired) electrons. The standard InChI is InChI=1S/C19H18O3S/c1-4-23-19-16-11-14(22-3)9-10-15(16)18(20)17(19)12-5-7-13(21-2)8-6-12/h5-11H,4H2,1-3H3. The SMILES string of the molecule is CCSC1=C(c2ccc(OC)cc2)C(=O)c2ccc(OC)cc21. The molecule has 0 atom stereocenters. The smallest absolute Gasteiger partial charge is 0.195 e. The van der Waals surface area contributed by atoms with Crippen molar-refractivity contribution in [1.82, 2.24) is 0 Å². The molecule has 4 heteroatoms. The van der Waals surface area contributed by atoms with E-state index in [9.17, 15) is 4.79 Å². The average Bonchev–Trinajstić information content (AvgIpc) is 2.87. The molecule has 118 valence electrons. The van der Waals surface area contributed by atoms with Gasteiger partial charge in [0.05, 0.1) is 14.2 Å². The molecule has 2 aromatic carbocycles. The molecule has 0 unspecified atom stereocenters.